The van der Waals surface area contributed by atoms with Crippen LogP contribution in [-0.2, 0) is 0 Å². The summed E-state index contributed by atoms with van der Waals surface area (Å²) in [5.74, 6) is -2.39. The van der Waals surface area contributed by atoms with E-state index in [2.05, 4.69) is 10.3 Å². The van der Waals surface area contributed by atoms with E-state index in [4.69, 9.17) is 5.11 Å². The van der Waals surface area contributed by atoms with Crippen LogP contribution in [0.4, 0.5) is 10.1 Å². The summed E-state index contributed by atoms with van der Waals surface area (Å²) in [7, 11) is 0. The molecule has 0 aliphatic carbocycles. The van der Waals surface area contributed by atoms with Gasteiger partial charge in [0.25, 0.3) is 5.91 Å². The molecule has 2 aromatic carbocycles. The number of carboxylic acids is 1. The first kappa shape index (κ1) is 15.4. The van der Waals surface area contributed by atoms with Crippen molar-refractivity contribution in [2.75, 3.05) is 5.32 Å². The molecular weight excluding hydrogens is 315 g/mol. The molecule has 0 bridgehead atoms. The molecule has 1 aromatic heterocycles. The van der Waals surface area contributed by atoms with E-state index in [1.807, 2.05) is 0 Å². The first-order chi connectivity index (χ1) is 11.5. The number of carbonyl (C=O) groups is 2. The molecular formula is C17H11FN2O4. The SMILES string of the molecule is O=C(Nc1ccc(F)cc1)c1ccc2c(C(=O)O)ccc(O)c2n1. The van der Waals surface area contributed by atoms with Crippen molar-refractivity contribution < 1.29 is 24.2 Å². The van der Waals surface area contributed by atoms with E-state index in [9.17, 15) is 19.1 Å². The van der Waals surface area contributed by atoms with E-state index in [1.165, 1.54) is 48.5 Å². The molecule has 0 radical (unpaired) electrons. The first-order valence-corrected chi connectivity index (χ1v) is 6.88. The molecule has 3 N–H and O–H groups in total. The number of phenols is 1. The Hall–Kier alpha value is -3.48. The van der Waals surface area contributed by atoms with E-state index < -0.39 is 17.7 Å². The van der Waals surface area contributed by atoms with E-state index in [0.29, 0.717) is 5.69 Å². The van der Waals surface area contributed by atoms with Gasteiger partial charge in [0.2, 0.25) is 0 Å². The number of aromatic carboxylic acids is 1. The fourth-order valence-corrected chi connectivity index (χ4v) is 2.24. The van der Waals surface area contributed by atoms with Crippen LogP contribution in [0.2, 0.25) is 0 Å². The third-order valence-electron chi connectivity index (χ3n) is 3.40. The number of anilines is 1. The summed E-state index contributed by atoms with van der Waals surface area (Å²) in [6.45, 7) is 0. The third kappa shape index (κ3) is 2.87. The van der Waals surface area contributed by atoms with Gasteiger partial charge in [-0.05, 0) is 48.5 Å². The molecule has 0 aliphatic heterocycles. The van der Waals surface area contributed by atoms with Gasteiger partial charge in [0.05, 0.1) is 5.56 Å². The number of pyridine rings is 1. The van der Waals surface area contributed by atoms with Crippen molar-refractivity contribution >= 4 is 28.5 Å². The minimum atomic E-state index is -1.16. The number of amides is 1. The molecule has 0 unspecified atom stereocenters. The van der Waals surface area contributed by atoms with Gasteiger partial charge in [0.1, 0.15) is 22.8 Å². The van der Waals surface area contributed by atoms with E-state index in [1.54, 1.807) is 0 Å². The number of fused-ring (bicyclic) bond motifs is 1. The molecule has 7 heteroatoms. The van der Waals surface area contributed by atoms with Crippen LogP contribution in [0.3, 0.4) is 0 Å². The highest BCUT2D eigenvalue weighted by atomic mass is 19.1. The van der Waals surface area contributed by atoms with Crippen LogP contribution in [0.25, 0.3) is 10.9 Å². The minimum absolute atomic E-state index is 0.00957. The molecule has 24 heavy (non-hydrogen) atoms. The number of hydrogen-bond acceptors (Lipinski definition) is 4. The van der Waals surface area contributed by atoms with Gasteiger partial charge < -0.3 is 15.5 Å². The Balaban J connectivity index is 1.98. The number of hydrogen-bond donors (Lipinski definition) is 3. The van der Waals surface area contributed by atoms with Gasteiger partial charge in [-0.1, -0.05) is 0 Å². The first-order valence-electron chi connectivity index (χ1n) is 6.88. The molecule has 1 amide bonds. The lowest BCUT2D eigenvalue weighted by molar-refractivity contribution is 0.0699. The second-order valence-electron chi connectivity index (χ2n) is 4.99. The van der Waals surface area contributed by atoms with Gasteiger partial charge in [-0.15, -0.1) is 0 Å². The van der Waals surface area contributed by atoms with Crippen LogP contribution in [0.5, 0.6) is 5.75 Å². The number of phenolic OH excluding ortho intramolecular Hbond substituents is 1. The van der Waals surface area contributed by atoms with Crippen molar-refractivity contribution in [1.29, 1.82) is 0 Å². The van der Waals surface area contributed by atoms with Crippen LogP contribution in [0.15, 0.2) is 48.5 Å². The maximum Gasteiger partial charge on any atom is 0.336 e. The smallest absolute Gasteiger partial charge is 0.336 e. The predicted molar refractivity (Wildman–Crippen MR) is 84.7 cm³/mol. The van der Waals surface area contributed by atoms with E-state index in [-0.39, 0.29) is 27.9 Å². The van der Waals surface area contributed by atoms with Gasteiger partial charge >= 0.3 is 5.97 Å². The van der Waals surface area contributed by atoms with E-state index in [0.717, 1.165) is 0 Å². The Labute approximate surface area is 135 Å². The molecule has 0 aliphatic rings. The number of nitrogens with zero attached hydrogens (tertiary/aromatic N) is 1. The number of aromatic nitrogens is 1. The molecule has 0 saturated carbocycles. The third-order valence-corrected chi connectivity index (χ3v) is 3.40. The van der Waals surface area contributed by atoms with Crippen LogP contribution in [-0.4, -0.2) is 27.1 Å². The number of benzene rings is 2. The highest BCUT2D eigenvalue weighted by Gasteiger charge is 2.15. The maximum absolute atomic E-state index is 12.9. The monoisotopic (exact) mass is 326 g/mol. The largest absolute Gasteiger partial charge is 0.506 e. The summed E-state index contributed by atoms with van der Waals surface area (Å²) < 4.78 is 12.9. The summed E-state index contributed by atoms with van der Waals surface area (Å²) in [5.41, 5.74) is 0.360. The van der Waals surface area contributed by atoms with Crippen molar-refractivity contribution in [3.8, 4) is 5.75 Å². The Bertz CT molecular complexity index is 955. The lowest BCUT2D eigenvalue weighted by Gasteiger charge is -2.08. The van der Waals surface area contributed by atoms with Crippen molar-refractivity contribution in [2.45, 2.75) is 0 Å². The average molecular weight is 326 g/mol. The molecule has 0 spiro atoms. The molecule has 1 heterocycles. The van der Waals surface area contributed by atoms with Gasteiger partial charge in [0.15, 0.2) is 0 Å². The summed E-state index contributed by atoms with van der Waals surface area (Å²) in [4.78, 5) is 27.4. The Morgan fingerprint density at radius 1 is 1.00 bits per heavy atom. The van der Waals surface area contributed by atoms with Crippen LogP contribution in [0.1, 0.15) is 20.8 Å². The summed E-state index contributed by atoms with van der Waals surface area (Å²) in [6.07, 6.45) is 0. The standard InChI is InChI=1S/C17H11FN2O4/c18-9-1-3-10(4-2-9)19-16(22)13-7-5-11-12(17(23)24)6-8-14(21)15(11)20-13/h1-8,21H,(H,19,22)(H,23,24). The highest BCUT2D eigenvalue weighted by Crippen LogP contribution is 2.26. The second kappa shape index (κ2) is 5.96. The zero-order valence-electron chi connectivity index (χ0n) is 12.2. The Kier molecular flexibility index (Phi) is 3.83. The molecule has 0 atom stereocenters. The number of aromatic hydroxyl groups is 1. The molecule has 3 rings (SSSR count). The Morgan fingerprint density at radius 2 is 1.71 bits per heavy atom. The fraction of sp³-hybridized carbons (Fsp3) is 0. The van der Waals surface area contributed by atoms with Crippen LogP contribution in [0, 0.1) is 5.82 Å². The van der Waals surface area contributed by atoms with Gasteiger partial charge in [-0.25, -0.2) is 14.2 Å². The molecule has 6 nitrogen and oxygen atoms in total. The Morgan fingerprint density at radius 3 is 2.38 bits per heavy atom. The highest BCUT2D eigenvalue weighted by molar-refractivity contribution is 6.07. The minimum Gasteiger partial charge on any atom is -0.506 e. The van der Waals surface area contributed by atoms with Crippen molar-refractivity contribution in [3.05, 3.63) is 65.6 Å². The average Bonchev–Trinajstić information content (AvgIpc) is 2.56. The topological polar surface area (TPSA) is 99.5 Å². The lowest BCUT2D eigenvalue weighted by Crippen LogP contribution is -2.14. The van der Waals surface area contributed by atoms with E-state index >= 15 is 0 Å². The van der Waals surface area contributed by atoms with Gasteiger partial charge in [-0.3, -0.25) is 4.79 Å². The lowest BCUT2D eigenvalue weighted by atomic mass is 10.1. The number of carboxylic acid groups (broad SMARTS) is 1. The molecule has 3 aromatic rings. The van der Waals surface area contributed by atoms with Crippen molar-refractivity contribution in [2.24, 2.45) is 0 Å². The van der Waals surface area contributed by atoms with Crippen LogP contribution >= 0.6 is 0 Å². The van der Waals surface area contributed by atoms with Gasteiger partial charge in [-0.2, -0.15) is 0 Å². The molecule has 0 fully saturated rings. The quantitative estimate of drug-likeness (QED) is 0.687. The number of halogens is 1. The van der Waals surface area contributed by atoms with Gasteiger partial charge in [0, 0.05) is 11.1 Å². The fourth-order valence-electron chi connectivity index (χ4n) is 2.24. The maximum atomic E-state index is 12.9. The predicted octanol–water partition coefficient (Wildman–Crippen LogP) is 3.03. The normalized spacial score (nSPS) is 10.5. The summed E-state index contributed by atoms with van der Waals surface area (Å²) >= 11 is 0. The van der Waals surface area contributed by atoms with Crippen molar-refractivity contribution in [1.82, 2.24) is 4.98 Å². The van der Waals surface area contributed by atoms with Crippen LogP contribution < -0.4 is 5.32 Å². The summed E-state index contributed by atoms with van der Waals surface area (Å²) in [6, 6.07) is 10.4. The molecule has 120 valence electrons. The summed E-state index contributed by atoms with van der Waals surface area (Å²) in [5, 5.41) is 21.8. The number of carbonyl (C=O) groups excluding carboxylic acids is 1. The van der Waals surface area contributed by atoms with Crippen molar-refractivity contribution in [3.63, 3.8) is 0 Å². The number of rotatable bonds is 3. The zero-order chi connectivity index (χ0) is 17.3. The number of nitrogens with one attached hydrogen (secondary N) is 1. The zero-order valence-corrected chi connectivity index (χ0v) is 12.2. The second-order valence-corrected chi connectivity index (χ2v) is 4.99. The molecule has 0 saturated heterocycles.